The van der Waals surface area contributed by atoms with Crippen LogP contribution in [0.25, 0.3) is 0 Å². The van der Waals surface area contributed by atoms with Crippen LogP contribution in [-0.2, 0) is 11.2 Å². The molecule has 0 bridgehead atoms. The second-order valence-electron chi connectivity index (χ2n) is 5.07. The Bertz CT molecular complexity index is 566. The second kappa shape index (κ2) is 7.58. The normalized spacial score (nSPS) is 11.9. The van der Waals surface area contributed by atoms with Crippen molar-refractivity contribution in [2.75, 3.05) is 0 Å². The predicted molar refractivity (Wildman–Crippen MR) is 82.3 cm³/mol. The van der Waals surface area contributed by atoms with Gasteiger partial charge in [0.25, 0.3) is 0 Å². The van der Waals surface area contributed by atoms with Gasteiger partial charge in [0.1, 0.15) is 5.82 Å². The molecule has 0 saturated carbocycles. The van der Waals surface area contributed by atoms with Crippen LogP contribution >= 0.6 is 0 Å². The molecule has 2 nitrogen and oxygen atoms in total. The van der Waals surface area contributed by atoms with Crippen LogP contribution in [0.5, 0.6) is 0 Å². The van der Waals surface area contributed by atoms with Crippen LogP contribution in [-0.4, -0.2) is 5.91 Å². The summed E-state index contributed by atoms with van der Waals surface area (Å²) < 4.78 is 12.8. The molecule has 0 saturated heterocycles. The first-order valence-electron chi connectivity index (χ1n) is 7.27. The van der Waals surface area contributed by atoms with Crippen molar-refractivity contribution in [1.29, 1.82) is 0 Å². The Hall–Kier alpha value is -2.16. The Labute approximate surface area is 125 Å². The highest BCUT2D eigenvalue weighted by molar-refractivity contribution is 5.76. The lowest BCUT2D eigenvalue weighted by atomic mass is 10.0. The fraction of sp³-hybridized carbons (Fsp3) is 0.278. The maximum absolute atomic E-state index is 12.8. The zero-order valence-electron chi connectivity index (χ0n) is 12.2. The number of hydrogen-bond acceptors (Lipinski definition) is 1. The van der Waals surface area contributed by atoms with Gasteiger partial charge in [-0.1, -0.05) is 49.4 Å². The summed E-state index contributed by atoms with van der Waals surface area (Å²) in [5, 5.41) is 3.05. The van der Waals surface area contributed by atoms with Gasteiger partial charge in [-0.25, -0.2) is 4.39 Å². The van der Waals surface area contributed by atoms with Crippen molar-refractivity contribution in [1.82, 2.24) is 5.32 Å². The summed E-state index contributed by atoms with van der Waals surface area (Å²) in [5.74, 6) is -0.228. The van der Waals surface area contributed by atoms with E-state index in [0.29, 0.717) is 12.8 Å². The zero-order chi connectivity index (χ0) is 15.1. The number of rotatable bonds is 6. The van der Waals surface area contributed by atoms with E-state index in [1.165, 1.54) is 12.1 Å². The van der Waals surface area contributed by atoms with Gasteiger partial charge in [-0.15, -0.1) is 0 Å². The molecule has 0 radical (unpaired) electrons. The number of benzene rings is 2. The van der Waals surface area contributed by atoms with Crippen LogP contribution in [0.1, 0.15) is 36.9 Å². The van der Waals surface area contributed by atoms with Crippen LogP contribution in [0.3, 0.4) is 0 Å². The number of carbonyl (C=O) groups excluding carboxylic acids is 1. The molecule has 1 atom stereocenters. The Morgan fingerprint density at radius 1 is 1.10 bits per heavy atom. The molecule has 0 fully saturated rings. The van der Waals surface area contributed by atoms with Gasteiger partial charge in [0.15, 0.2) is 0 Å². The van der Waals surface area contributed by atoms with Crippen molar-refractivity contribution in [3.05, 3.63) is 71.5 Å². The Morgan fingerprint density at radius 2 is 1.76 bits per heavy atom. The molecule has 0 aliphatic heterocycles. The minimum atomic E-state index is -0.252. The lowest BCUT2D eigenvalue weighted by Crippen LogP contribution is -2.28. The summed E-state index contributed by atoms with van der Waals surface area (Å²) in [5.41, 5.74) is 2.09. The third-order valence-corrected chi connectivity index (χ3v) is 3.50. The van der Waals surface area contributed by atoms with E-state index in [1.54, 1.807) is 12.1 Å². The first-order valence-corrected chi connectivity index (χ1v) is 7.27. The third kappa shape index (κ3) is 4.71. The largest absolute Gasteiger partial charge is 0.349 e. The summed E-state index contributed by atoms with van der Waals surface area (Å²) in [6, 6.07) is 16.3. The highest BCUT2D eigenvalue weighted by Crippen LogP contribution is 2.16. The van der Waals surface area contributed by atoms with E-state index in [4.69, 9.17) is 0 Å². The third-order valence-electron chi connectivity index (χ3n) is 3.50. The van der Waals surface area contributed by atoms with Crippen molar-refractivity contribution in [2.45, 2.75) is 32.2 Å². The van der Waals surface area contributed by atoms with Crippen molar-refractivity contribution in [3.63, 3.8) is 0 Å². The SMILES string of the molecule is CCC(NC(=O)CCc1ccc(F)cc1)c1ccccc1. The van der Waals surface area contributed by atoms with Gasteiger partial charge in [-0.05, 0) is 36.1 Å². The molecule has 2 rings (SSSR count). The first-order chi connectivity index (χ1) is 10.2. The molecular weight excluding hydrogens is 265 g/mol. The molecule has 0 aromatic heterocycles. The van der Waals surface area contributed by atoms with Crippen LogP contribution in [0, 0.1) is 5.82 Å². The van der Waals surface area contributed by atoms with E-state index in [1.807, 2.05) is 30.3 Å². The first kappa shape index (κ1) is 15.2. The van der Waals surface area contributed by atoms with Gasteiger partial charge in [0, 0.05) is 6.42 Å². The molecule has 110 valence electrons. The van der Waals surface area contributed by atoms with Gasteiger partial charge < -0.3 is 5.32 Å². The van der Waals surface area contributed by atoms with E-state index < -0.39 is 0 Å². The number of nitrogens with one attached hydrogen (secondary N) is 1. The highest BCUT2D eigenvalue weighted by atomic mass is 19.1. The molecule has 21 heavy (non-hydrogen) atoms. The fourth-order valence-corrected chi connectivity index (χ4v) is 2.28. The molecule has 1 N–H and O–H groups in total. The van der Waals surface area contributed by atoms with Crippen LogP contribution in [0.2, 0.25) is 0 Å². The molecule has 3 heteroatoms. The van der Waals surface area contributed by atoms with Crippen molar-refractivity contribution >= 4 is 5.91 Å². The Balaban J connectivity index is 1.87. The highest BCUT2D eigenvalue weighted by Gasteiger charge is 2.12. The molecule has 0 aliphatic carbocycles. The molecule has 0 aliphatic rings. The van der Waals surface area contributed by atoms with E-state index in [-0.39, 0.29) is 17.8 Å². The predicted octanol–water partition coefficient (Wildman–Crippen LogP) is 4.03. The minimum absolute atomic E-state index is 0.0232. The summed E-state index contributed by atoms with van der Waals surface area (Å²) in [4.78, 5) is 12.0. The van der Waals surface area contributed by atoms with Crippen LogP contribution in [0.15, 0.2) is 54.6 Å². The maximum Gasteiger partial charge on any atom is 0.220 e. The molecule has 0 spiro atoms. The lowest BCUT2D eigenvalue weighted by Gasteiger charge is -2.17. The summed E-state index contributed by atoms with van der Waals surface area (Å²) >= 11 is 0. The standard InChI is InChI=1S/C18H20FNO/c1-2-17(15-6-4-3-5-7-15)20-18(21)13-10-14-8-11-16(19)12-9-14/h3-9,11-12,17H,2,10,13H2,1H3,(H,20,21). The van der Waals surface area contributed by atoms with Crippen molar-refractivity contribution < 1.29 is 9.18 Å². The quantitative estimate of drug-likeness (QED) is 0.853. The lowest BCUT2D eigenvalue weighted by molar-refractivity contribution is -0.121. The summed E-state index contributed by atoms with van der Waals surface area (Å²) in [6.45, 7) is 2.05. The van der Waals surface area contributed by atoms with E-state index in [2.05, 4.69) is 12.2 Å². The summed E-state index contributed by atoms with van der Waals surface area (Å²) in [6.07, 6.45) is 1.89. The van der Waals surface area contributed by atoms with Gasteiger partial charge in [0.05, 0.1) is 6.04 Å². The molecule has 2 aromatic carbocycles. The molecule has 2 aromatic rings. The van der Waals surface area contributed by atoms with Crippen LogP contribution in [0.4, 0.5) is 4.39 Å². The van der Waals surface area contributed by atoms with Crippen molar-refractivity contribution in [3.8, 4) is 0 Å². The molecule has 0 heterocycles. The fourth-order valence-electron chi connectivity index (χ4n) is 2.28. The second-order valence-corrected chi connectivity index (χ2v) is 5.07. The van der Waals surface area contributed by atoms with Gasteiger partial charge in [-0.2, -0.15) is 0 Å². The van der Waals surface area contributed by atoms with Gasteiger partial charge in [0.2, 0.25) is 5.91 Å². The van der Waals surface area contributed by atoms with E-state index >= 15 is 0 Å². The van der Waals surface area contributed by atoms with E-state index in [0.717, 1.165) is 17.5 Å². The Morgan fingerprint density at radius 3 is 2.38 bits per heavy atom. The Kier molecular flexibility index (Phi) is 5.50. The molecule has 1 unspecified atom stereocenters. The molecular formula is C18H20FNO. The average molecular weight is 285 g/mol. The number of halogens is 1. The summed E-state index contributed by atoms with van der Waals surface area (Å²) in [7, 11) is 0. The average Bonchev–Trinajstić information content (AvgIpc) is 2.53. The maximum atomic E-state index is 12.8. The monoisotopic (exact) mass is 285 g/mol. The van der Waals surface area contributed by atoms with Crippen molar-refractivity contribution in [2.24, 2.45) is 0 Å². The molecule has 1 amide bonds. The topological polar surface area (TPSA) is 29.1 Å². The zero-order valence-corrected chi connectivity index (χ0v) is 12.2. The number of hydrogen-bond donors (Lipinski definition) is 1. The number of amides is 1. The number of carbonyl (C=O) groups is 1. The minimum Gasteiger partial charge on any atom is -0.349 e. The smallest absolute Gasteiger partial charge is 0.220 e. The van der Waals surface area contributed by atoms with Gasteiger partial charge >= 0.3 is 0 Å². The van der Waals surface area contributed by atoms with Crippen LogP contribution < -0.4 is 5.32 Å². The van der Waals surface area contributed by atoms with E-state index in [9.17, 15) is 9.18 Å². The van der Waals surface area contributed by atoms with Gasteiger partial charge in [-0.3, -0.25) is 4.79 Å². The number of aryl methyl sites for hydroxylation is 1.